The second kappa shape index (κ2) is 7.90. The third kappa shape index (κ3) is 4.85. The van der Waals surface area contributed by atoms with E-state index >= 15 is 0 Å². The number of hydrogen-bond acceptors (Lipinski definition) is 3. The number of rotatable bonds is 6. The van der Waals surface area contributed by atoms with Gasteiger partial charge in [-0.05, 0) is 56.0 Å². The van der Waals surface area contributed by atoms with Gasteiger partial charge in [0, 0.05) is 6.54 Å². The highest BCUT2D eigenvalue weighted by Gasteiger charge is 2.13. The van der Waals surface area contributed by atoms with Crippen LogP contribution >= 0.6 is 0 Å². The Morgan fingerprint density at radius 3 is 2.95 bits per heavy atom. The highest BCUT2D eigenvalue weighted by atomic mass is 16.5. The molecule has 2 N–H and O–H groups in total. The van der Waals surface area contributed by atoms with Gasteiger partial charge in [-0.1, -0.05) is 12.1 Å². The molecule has 1 fully saturated rings. The molecule has 1 heterocycles. The van der Waals surface area contributed by atoms with Crippen molar-refractivity contribution in [1.29, 1.82) is 0 Å². The van der Waals surface area contributed by atoms with Crippen molar-refractivity contribution in [3.05, 3.63) is 29.8 Å². The molecule has 1 aliphatic heterocycles. The van der Waals surface area contributed by atoms with Gasteiger partial charge in [-0.2, -0.15) is 0 Å². The van der Waals surface area contributed by atoms with Crippen molar-refractivity contribution in [3.63, 3.8) is 0 Å². The van der Waals surface area contributed by atoms with Gasteiger partial charge in [0.25, 0.3) is 0 Å². The largest absolute Gasteiger partial charge is 0.497 e. The summed E-state index contributed by atoms with van der Waals surface area (Å²) in [7, 11) is 1.64. The molecule has 1 aliphatic rings. The molecular formula is C16H24N2O2. The molecule has 2 rings (SSSR count). The number of hydrogen-bond donors (Lipinski definition) is 2. The monoisotopic (exact) mass is 276 g/mol. The summed E-state index contributed by atoms with van der Waals surface area (Å²) < 4.78 is 5.16. The van der Waals surface area contributed by atoms with Crippen LogP contribution in [0, 0.1) is 5.92 Å². The Morgan fingerprint density at radius 2 is 2.20 bits per heavy atom. The van der Waals surface area contributed by atoms with E-state index in [4.69, 9.17) is 4.74 Å². The minimum absolute atomic E-state index is 0.0900. The molecule has 1 saturated heterocycles. The number of methoxy groups -OCH3 is 1. The standard InChI is InChI=1S/C16H24N2O2/c1-20-15-4-2-3-14(11-15)12-16(19)18-10-7-13-5-8-17-9-6-13/h2-4,11,13,17H,5-10,12H2,1H3,(H,18,19). The summed E-state index contributed by atoms with van der Waals surface area (Å²) in [5.74, 6) is 1.64. The average molecular weight is 276 g/mol. The van der Waals surface area contributed by atoms with Crippen LogP contribution in [-0.4, -0.2) is 32.7 Å². The van der Waals surface area contributed by atoms with Gasteiger partial charge in [0.1, 0.15) is 5.75 Å². The fourth-order valence-corrected chi connectivity index (χ4v) is 2.62. The predicted octanol–water partition coefficient (Wildman–Crippen LogP) is 1.74. The molecule has 1 aromatic carbocycles. The van der Waals surface area contributed by atoms with Gasteiger partial charge in [0.05, 0.1) is 13.5 Å². The van der Waals surface area contributed by atoms with Crippen molar-refractivity contribution in [2.45, 2.75) is 25.7 Å². The van der Waals surface area contributed by atoms with E-state index in [1.807, 2.05) is 24.3 Å². The molecule has 0 radical (unpaired) electrons. The summed E-state index contributed by atoms with van der Waals surface area (Å²) in [5.41, 5.74) is 0.990. The lowest BCUT2D eigenvalue weighted by molar-refractivity contribution is -0.120. The van der Waals surface area contributed by atoms with Crippen molar-refractivity contribution < 1.29 is 9.53 Å². The van der Waals surface area contributed by atoms with Crippen LogP contribution in [0.4, 0.5) is 0 Å². The predicted molar refractivity (Wildman–Crippen MR) is 79.9 cm³/mol. The van der Waals surface area contributed by atoms with Crippen molar-refractivity contribution in [3.8, 4) is 5.75 Å². The lowest BCUT2D eigenvalue weighted by Gasteiger charge is -2.22. The summed E-state index contributed by atoms with van der Waals surface area (Å²) in [6.45, 7) is 3.01. The molecule has 0 atom stereocenters. The van der Waals surface area contributed by atoms with Crippen LogP contribution in [-0.2, 0) is 11.2 Å². The van der Waals surface area contributed by atoms with E-state index < -0.39 is 0 Å². The van der Waals surface area contributed by atoms with Crippen molar-refractivity contribution in [2.24, 2.45) is 5.92 Å². The number of carbonyl (C=O) groups excluding carboxylic acids is 1. The number of benzene rings is 1. The average Bonchev–Trinajstić information content (AvgIpc) is 2.48. The molecule has 110 valence electrons. The molecule has 20 heavy (non-hydrogen) atoms. The van der Waals surface area contributed by atoms with Crippen LogP contribution in [0.25, 0.3) is 0 Å². The van der Waals surface area contributed by atoms with Crippen molar-refractivity contribution >= 4 is 5.91 Å². The second-order valence-corrected chi connectivity index (χ2v) is 5.36. The first-order chi connectivity index (χ1) is 9.78. The van der Waals surface area contributed by atoms with Gasteiger partial charge in [0.2, 0.25) is 5.91 Å². The SMILES string of the molecule is COc1cccc(CC(=O)NCCC2CCNCC2)c1. The molecular weight excluding hydrogens is 252 g/mol. The maximum absolute atomic E-state index is 11.9. The van der Waals surface area contributed by atoms with Gasteiger partial charge in [-0.15, -0.1) is 0 Å². The molecule has 0 unspecified atom stereocenters. The maximum Gasteiger partial charge on any atom is 0.224 e. The smallest absolute Gasteiger partial charge is 0.224 e. The zero-order valence-corrected chi connectivity index (χ0v) is 12.2. The Balaban J connectivity index is 1.69. The van der Waals surface area contributed by atoms with Crippen molar-refractivity contribution in [2.75, 3.05) is 26.7 Å². The van der Waals surface area contributed by atoms with E-state index in [0.717, 1.165) is 43.3 Å². The molecule has 4 nitrogen and oxygen atoms in total. The number of ether oxygens (including phenoxy) is 1. The van der Waals surface area contributed by atoms with E-state index in [1.165, 1.54) is 12.8 Å². The van der Waals surface area contributed by atoms with E-state index in [9.17, 15) is 4.79 Å². The molecule has 0 spiro atoms. The summed E-state index contributed by atoms with van der Waals surface area (Å²) in [5, 5.41) is 6.37. The van der Waals surface area contributed by atoms with Gasteiger partial charge in [-0.3, -0.25) is 4.79 Å². The Morgan fingerprint density at radius 1 is 1.40 bits per heavy atom. The van der Waals surface area contributed by atoms with Crippen LogP contribution in [0.2, 0.25) is 0 Å². The Labute approximate surface area is 120 Å². The first-order valence-electron chi connectivity index (χ1n) is 7.38. The van der Waals surface area contributed by atoms with Crippen LogP contribution in [0.1, 0.15) is 24.8 Å². The van der Waals surface area contributed by atoms with Gasteiger partial charge >= 0.3 is 0 Å². The molecule has 0 aromatic heterocycles. The maximum atomic E-state index is 11.9. The van der Waals surface area contributed by atoms with Gasteiger partial charge in [0.15, 0.2) is 0 Å². The molecule has 1 aromatic rings. The zero-order chi connectivity index (χ0) is 14.2. The molecule has 0 saturated carbocycles. The molecule has 1 amide bonds. The summed E-state index contributed by atoms with van der Waals surface area (Å²) >= 11 is 0. The molecule has 0 bridgehead atoms. The van der Waals surface area contributed by atoms with E-state index in [2.05, 4.69) is 10.6 Å². The van der Waals surface area contributed by atoms with Crippen LogP contribution in [0.15, 0.2) is 24.3 Å². The Bertz CT molecular complexity index is 428. The molecule has 4 heteroatoms. The fourth-order valence-electron chi connectivity index (χ4n) is 2.62. The van der Waals surface area contributed by atoms with E-state index in [1.54, 1.807) is 7.11 Å². The summed E-state index contributed by atoms with van der Waals surface area (Å²) in [6.07, 6.45) is 3.96. The third-order valence-corrected chi connectivity index (χ3v) is 3.83. The first-order valence-corrected chi connectivity index (χ1v) is 7.38. The van der Waals surface area contributed by atoms with Crippen LogP contribution < -0.4 is 15.4 Å². The Kier molecular flexibility index (Phi) is 5.87. The topological polar surface area (TPSA) is 50.4 Å². The number of nitrogens with one attached hydrogen (secondary N) is 2. The van der Waals surface area contributed by atoms with Crippen LogP contribution in [0.5, 0.6) is 5.75 Å². The molecule has 0 aliphatic carbocycles. The normalized spacial score (nSPS) is 15.8. The van der Waals surface area contributed by atoms with Crippen molar-refractivity contribution in [1.82, 2.24) is 10.6 Å². The lowest BCUT2D eigenvalue weighted by Crippen LogP contribution is -2.31. The third-order valence-electron chi connectivity index (χ3n) is 3.83. The Hall–Kier alpha value is -1.55. The number of amides is 1. The second-order valence-electron chi connectivity index (χ2n) is 5.36. The zero-order valence-electron chi connectivity index (χ0n) is 12.2. The summed E-state index contributed by atoms with van der Waals surface area (Å²) in [4.78, 5) is 11.9. The fraction of sp³-hybridized carbons (Fsp3) is 0.562. The highest BCUT2D eigenvalue weighted by molar-refractivity contribution is 5.78. The lowest BCUT2D eigenvalue weighted by atomic mass is 9.95. The van der Waals surface area contributed by atoms with E-state index in [0.29, 0.717) is 6.42 Å². The van der Waals surface area contributed by atoms with Crippen LogP contribution in [0.3, 0.4) is 0 Å². The summed E-state index contributed by atoms with van der Waals surface area (Å²) in [6, 6.07) is 7.66. The number of carbonyl (C=O) groups is 1. The minimum atomic E-state index is 0.0900. The quantitative estimate of drug-likeness (QED) is 0.832. The van der Waals surface area contributed by atoms with Gasteiger partial charge in [-0.25, -0.2) is 0 Å². The first kappa shape index (κ1) is 14.9. The number of piperidine rings is 1. The highest BCUT2D eigenvalue weighted by Crippen LogP contribution is 2.15. The van der Waals surface area contributed by atoms with E-state index in [-0.39, 0.29) is 5.91 Å². The minimum Gasteiger partial charge on any atom is -0.497 e. The van der Waals surface area contributed by atoms with Gasteiger partial charge < -0.3 is 15.4 Å².